The van der Waals surface area contributed by atoms with E-state index < -0.39 is 35.1 Å². The number of carbonyl (C=O) groups is 4. The van der Waals surface area contributed by atoms with Crippen LogP contribution < -0.4 is 16.4 Å². The number of aromatic nitrogens is 1. The molecular weight excluding hydrogens is 534 g/mol. The highest BCUT2D eigenvalue weighted by Crippen LogP contribution is 2.42. The Morgan fingerprint density at radius 3 is 2.55 bits per heavy atom. The molecule has 10 nitrogen and oxygen atoms in total. The van der Waals surface area contributed by atoms with Gasteiger partial charge in [0.25, 0.3) is 0 Å². The van der Waals surface area contributed by atoms with E-state index in [9.17, 15) is 19.2 Å². The molecule has 42 heavy (non-hydrogen) atoms. The fraction of sp³-hybridized carbons (Fsp3) is 0.438. The molecule has 4 amide bonds. The molecule has 4 atom stereocenters. The van der Waals surface area contributed by atoms with Crippen molar-refractivity contribution in [1.82, 2.24) is 20.5 Å². The molecule has 2 aromatic carbocycles. The number of amides is 4. The van der Waals surface area contributed by atoms with E-state index in [2.05, 4.69) is 15.6 Å². The molecule has 0 aliphatic carbocycles. The average Bonchev–Trinajstić information content (AvgIpc) is 3.47. The van der Waals surface area contributed by atoms with Crippen LogP contribution in [-0.2, 0) is 32.0 Å². The van der Waals surface area contributed by atoms with E-state index in [4.69, 9.17) is 10.5 Å². The molecular formula is C32H39N5O5. The van der Waals surface area contributed by atoms with E-state index in [0.717, 1.165) is 22.0 Å². The molecule has 10 heteroatoms. The van der Waals surface area contributed by atoms with Crippen molar-refractivity contribution in [2.75, 3.05) is 6.54 Å². The molecule has 1 aromatic heterocycles. The monoisotopic (exact) mass is 573 g/mol. The molecule has 3 aromatic rings. The van der Waals surface area contributed by atoms with Crippen LogP contribution in [0.2, 0.25) is 0 Å². The van der Waals surface area contributed by atoms with Gasteiger partial charge in [0, 0.05) is 36.1 Å². The normalized spacial score (nSPS) is 22.8. The van der Waals surface area contributed by atoms with E-state index >= 15 is 0 Å². The Labute approximate surface area is 245 Å². The number of ether oxygens (including phenoxy) is 1. The smallest absolute Gasteiger partial charge is 0.408 e. The minimum Gasteiger partial charge on any atom is -0.444 e. The van der Waals surface area contributed by atoms with Gasteiger partial charge in [0.1, 0.15) is 17.1 Å². The second kappa shape index (κ2) is 11.5. The van der Waals surface area contributed by atoms with Crippen LogP contribution in [0, 0.1) is 5.41 Å². The highest BCUT2D eigenvalue weighted by atomic mass is 16.6. The highest BCUT2D eigenvalue weighted by Gasteiger charge is 2.58. The van der Waals surface area contributed by atoms with Crippen molar-refractivity contribution in [3.8, 4) is 0 Å². The van der Waals surface area contributed by atoms with Gasteiger partial charge in [-0.1, -0.05) is 48.5 Å². The molecule has 2 aliphatic rings. The van der Waals surface area contributed by atoms with Crippen LogP contribution in [-0.4, -0.2) is 64.0 Å². The summed E-state index contributed by atoms with van der Waals surface area (Å²) in [4.78, 5) is 58.1. The summed E-state index contributed by atoms with van der Waals surface area (Å²) < 4.78 is 5.47. The summed E-state index contributed by atoms with van der Waals surface area (Å²) in [6.07, 6.45) is 3.09. The summed E-state index contributed by atoms with van der Waals surface area (Å²) in [5.41, 5.74) is 6.45. The fourth-order valence-corrected chi connectivity index (χ4v) is 6.30. The number of fused-ring (bicyclic) bond motifs is 2. The lowest BCUT2D eigenvalue weighted by Gasteiger charge is -2.37. The Morgan fingerprint density at radius 2 is 1.83 bits per heavy atom. The van der Waals surface area contributed by atoms with Crippen LogP contribution >= 0.6 is 0 Å². The number of benzene rings is 2. The van der Waals surface area contributed by atoms with Crippen molar-refractivity contribution in [3.63, 3.8) is 0 Å². The molecule has 2 saturated heterocycles. The predicted octanol–water partition coefficient (Wildman–Crippen LogP) is 3.20. The molecule has 2 aliphatic heterocycles. The number of hydrogen-bond donors (Lipinski definition) is 4. The number of piperidine rings is 1. The molecule has 0 radical (unpaired) electrons. The summed E-state index contributed by atoms with van der Waals surface area (Å²) in [5.74, 6) is -1.32. The van der Waals surface area contributed by atoms with Crippen molar-refractivity contribution in [2.45, 2.75) is 76.6 Å². The van der Waals surface area contributed by atoms with Gasteiger partial charge in [0.2, 0.25) is 17.7 Å². The maximum Gasteiger partial charge on any atom is 0.408 e. The van der Waals surface area contributed by atoms with Crippen LogP contribution in [0.1, 0.15) is 51.2 Å². The number of nitrogens with two attached hydrogens (primary N) is 1. The summed E-state index contributed by atoms with van der Waals surface area (Å²) in [6, 6.07) is 15.4. The van der Waals surface area contributed by atoms with Crippen LogP contribution in [0.25, 0.3) is 10.9 Å². The standard InChI is InChI=1S/C32H39N5O5/c1-31(2,3)42-30(41)36-25(16-21-19-34-23-13-8-7-12-22(21)23)27(38)35-24-14-9-15-37-26(24)18-32(28(33)39,29(37)40)17-20-10-5-4-6-11-20/h4-8,10-13,19,24-26,34H,9,14-18H2,1-3H3,(H2,33,39)(H,35,38)(H,36,41)/t24-,25+,26+,32-/m0/s1. The van der Waals surface area contributed by atoms with Gasteiger partial charge in [-0.3, -0.25) is 14.4 Å². The van der Waals surface area contributed by atoms with Crippen molar-refractivity contribution in [1.29, 1.82) is 0 Å². The van der Waals surface area contributed by atoms with E-state index in [-0.39, 0.29) is 37.1 Å². The number of primary amides is 1. The molecule has 0 unspecified atom stereocenters. The molecule has 0 saturated carbocycles. The predicted molar refractivity (Wildman–Crippen MR) is 158 cm³/mol. The number of alkyl carbamates (subject to hydrolysis) is 1. The van der Waals surface area contributed by atoms with Crippen molar-refractivity contribution in [2.24, 2.45) is 11.1 Å². The zero-order chi connectivity index (χ0) is 30.1. The first-order valence-electron chi connectivity index (χ1n) is 14.5. The van der Waals surface area contributed by atoms with Crippen LogP contribution in [0.4, 0.5) is 4.79 Å². The highest BCUT2D eigenvalue weighted by molar-refractivity contribution is 6.06. The first-order valence-corrected chi connectivity index (χ1v) is 14.5. The first-order chi connectivity index (χ1) is 20.0. The Hall–Kier alpha value is -4.34. The number of aromatic amines is 1. The van der Waals surface area contributed by atoms with Gasteiger partial charge in [-0.2, -0.15) is 0 Å². The Morgan fingerprint density at radius 1 is 1.12 bits per heavy atom. The largest absolute Gasteiger partial charge is 0.444 e. The van der Waals surface area contributed by atoms with Gasteiger partial charge >= 0.3 is 6.09 Å². The van der Waals surface area contributed by atoms with Gasteiger partial charge in [0.05, 0.1) is 6.04 Å². The molecule has 5 N–H and O–H groups in total. The third-order valence-electron chi connectivity index (χ3n) is 8.26. The maximum atomic E-state index is 13.8. The van der Waals surface area contributed by atoms with E-state index in [1.807, 2.05) is 60.8 Å². The number of nitrogens with zero attached hydrogens (tertiary/aromatic N) is 1. The number of hydrogen-bond acceptors (Lipinski definition) is 5. The number of rotatable bonds is 8. The lowest BCUT2D eigenvalue weighted by Crippen LogP contribution is -2.58. The van der Waals surface area contributed by atoms with Gasteiger partial charge in [0.15, 0.2) is 0 Å². The first kappa shape index (κ1) is 29.2. The van der Waals surface area contributed by atoms with Crippen LogP contribution in [0.15, 0.2) is 60.8 Å². The molecule has 222 valence electrons. The van der Waals surface area contributed by atoms with Crippen molar-refractivity contribution < 1.29 is 23.9 Å². The minimum absolute atomic E-state index is 0.207. The topological polar surface area (TPSA) is 147 Å². The lowest BCUT2D eigenvalue weighted by molar-refractivity contribution is -0.144. The third kappa shape index (κ3) is 5.98. The molecule has 3 heterocycles. The number of H-pyrrole nitrogens is 1. The van der Waals surface area contributed by atoms with Crippen molar-refractivity contribution >= 4 is 34.7 Å². The summed E-state index contributed by atoms with van der Waals surface area (Å²) in [6.45, 7) is 5.77. The van der Waals surface area contributed by atoms with Gasteiger partial charge in [-0.25, -0.2) is 4.79 Å². The second-order valence-electron chi connectivity index (χ2n) is 12.4. The molecule has 5 rings (SSSR count). The maximum absolute atomic E-state index is 13.8. The zero-order valence-electron chi connectivity index (χ0n) is 24.3. The van der Waals surface area contributed by atoms with Crippen LogP contribution in [0.3, 0.4) is 0 Å². The Balaban J connectivity index is 1.38. The van der Waals surface area contributed by atoms with Gasteiger partial charge in [-0.15, -0.1) is 0 Å². The van der Waals surface area contributed by atoms with Crippen molar-refractivity contribution in [3.05, 3.63) is 71.9 Å². The van der Waals surface area contributed by atoms with E-state index in [0.29, 0.717) is 19.4 Å². The molecule has 2 fully saturated rings. The number of nitrogens with one attached hydrogen (secondary N) is 3. The number of para-hydroxylation sites is 1. The van der Waals surface area contributed by atoms with Gasteiger partial charge < -0.3 is 31.0 Å². The van der Waals surface area contributed by atoms with E-state index in [1.165, 1.54) is 0 Å². The number of carbonyl (C=O) groups excluding carboxylic acids is 4. The Bertz CT molecular complexity index is 1480. The zero-order valence-corrected chi connectivity index (χ0v) is 24.3. The lowest BCUT2D eigenvalue weighted by atomic mass is 9.77. The quantitative estimate of drug-likeness (QED) is 0.306. The molecule has 0 bridgehead atoms. The summed E-state index contributed by atoms with van der Waals surface area (Å²) in [7, 11) is 0. The van der Waals surface area contributed by atoms with Crippen LogP contribution in [0.5, 0.6) is 0 Å². The summed E-state index contributed by atoms with van der Waals surface area (Å²) >= 11 is 0. The third-order valence-corrected chi connectivity index (χ3v) is 8.26. The minimum atomic E-state index is -1.38. The second-order valence-corrected chi connectivity index (χ2v) is 12.4. The average molecular weight is 574 g/mol. The Kier molecular flexibility index (Phi) is 7.99. The fourth-order valence-electron chi connectivity index (χ4n) is 6.30. The SMILES string of the molecule is CC(C)(C)OC(=O)N[C@H](Cc1c[nH]c2ccccc12)C(=O)N[C@H]1CCCN2C(=O)[C@](Cc3ccccc3)(C(N)=O)C[C@H]12. The van der Waals surface area contributed by atoms with E-state index in [1.54, 1.807) is 25.7 Å². The van der Waals surface area contributed by atoms with Gasteiger partial charge in [-0.05, 0) is 63.6 Å². The molecule has 0 spiro atoms. The summed E-state index contributed by atoms with van der Waals surface area (Å²) in [5, 5.41) is 6.83.